The van der Waals surface area contributed by atoms with Crippen LogP contribution in [-0.2, 0) is 27.4 Å². The van der Waals surface area contributed by atoms with Crippen LogP contribution in [-0.4, -0.2) is 17.9 Å². The number of ether oxygens (including phenoxy) is 1. The zero-order chi connectivity index (χ0) is 22.5. The van der Waals surface area contributed by atoms with E-state index in [1.165, 1.54) is 0 Å². The minimum atomic E-state index is -0.701. The fraction of sp³-hybridized carbons (Fsp3) is 0.214. The fourth-order valence-corrected chi connectivity index (χ4v) is 4.00. The second-order valence-electron chi connectivity index (χ2n) is 8.35. The van der Waals surface area contributed by atoms with Gasteiger partial charge in [-0.2, -0.15) is 0 Å². The van der Waals surface area contributed by atoms with Crippen LogP contribution in [0.4, 0.5) is 0 Å². The van der Waals surface area contributed by atoms with Gasteiger partial charge in [0.15, 0.2) is 0 Å². The molecule has 4 aromatic rings. The van der Waals surface area contributed by atoms with Gasteiger partial charge in [-0.05, 0) is 38.6 Å². The molecule has 0 heterocycles. The Hall–Kier alpha value is -3.66. The van der Waals surface area contributed by atoms with Crippen LogP contribution >= 0.6 is 0 Å². The first-order valence-corrected chi connectivity index (χ1v) is 10.9. The van der Waals surface area contributed by atoms with Crippen LogP contribution in [0.25, 0.3) is 21.5 Å². The number of amides is 1. The molecule has 1 N–H and O–H groups in total. The van der Waals surface area contributed by atoms with Gasteiger partial charge in [0.05, 0.1) is 6.42 Å². The number of hydrogen-bond acceptors (Lipinski definition) is 3. The lowest BCUT2D eigenvalue weighted by Gasteiger charge is -2.21. The van der Waals surface area contributed by atoms with Gasteiger partial charge in [0.1, 0.15) is 12.6 Å². The van der Waals surface area contributed by atoms with E-state index in [9.17, 15) is 9.59 Å². The van der Waals surface area contributed by atoms with Crippen molar-refractivity contribution in [2.75, 3.05) is 0 Å². The first-order valence-electron chi connectivity index (χ1n) is 10.9. The summed E-state index contributed by atoms with van der Waals surface area (Å²) in [4.78, 5) is 25.7. The molecule has 0 saturated heterocycles. The Kier molecular flexibility index (Phi) is 6.50. The van der Waals surface area contributed by atoms with E-state index >= 15 is 0 Å². The molecule has 162 valence electrons. The largest absolute Gasteiger partial charge is 0.459 e. The molecule has 0 aliphatic heterocycles. The van der Waals surface area contributed by atoms with Crippen LogP contribution in [0.5, 0.6) is 0 Å². The highest BCUT2D eigenvalue weighted by Gasteiger charge is 2.26. The van der Waals surface area contributed by atoms with E-state index in [1.54, 1.807) is 0 Å². The fourth-order valence-electron chi connectivity index (χ4n) is 4.00. The molecule has 0 aliphatic carbocycles. The van der Waals surface area contributed by atoms with Crippen molar-refractivity contribution >= 4 is 33.4 Å². The highest BCUT2D eigenvalue weighted by molar-refractivity contribution is 5.92. The summed E-state index contributed by atoms with van der Waals surface area (Å²) in [5.41, 5.74) is 1.88. The molecule has 4 rings (SSSR count). The summed E-state index contributed by atoms with van der Waals surface area (Å²) in [5.74, 6) is -0.701. The summed E-state index contributed by atoms with van der Waals surface area (Å²) in [6.07, 6.45) is 0.210. The quantitative estimate of drug-likeness (QED) is 0.402. The minimum absolute atomic E-state index is 0.0912. The van der Waals surface area contributed by atoms with Gasteiger partial charge in [0.2, 0.25) is 5.91 Å². The average molecular weight is 426 g/mol. The molecule has 1 atom stereocenters. The maximum atomic E-state index is 12.9. The van der Waals surface area contributed by atoms with Crippen LogP contribution in [0.3, 0.4) is 0 Å². The summed E-state index contributed by atoms with van der Waals surface area (Å²) >= 11 is 0. The number of nitrogens with one attached hydrogen (secondary N) is 1. The Morgan fingerprint density at radius 3 is 1.91 bits per heavy atom. The zero-order valence-corrected chi connectivity index (χ0v) is 18.4. The van der Waals surface area contributed by atoms with Crippen molar-refractivity contribution in [3.05, 3.63) is 96.1 Å². The molecule has 4 nitrogen and oxygen atoms in total. The first kappa shape index (κ1) is 21.6. The average Bonchev–Trinajstić information content (AvgIpc) is 2.81. The molecule has 1 amide bonds. The number of benzene rings is 4. The van der Waals surface area contributed by atoms with Crippen LogP contribution in [0.1, 0.15) is 25.0 Å². The molecule has 0 unspecified atom stereocenters. The lowest BCUT2D eigenvalue weighted by atomic mass is 10.0. The molecule has 4 heteroatoms. The van der Waals surface area contributed by atoms with Crippen molar-refractivity contribution in [3.8, 4) is 0 Å². The minimum Gasteiger partial charge on any atom is -0.459 e. The van der Waals surface area contributed by atoms with Crippen molar-refractivity contribution in [2.45, 2.75) is 32.9 Å². The standard InChI is InChI=1S/C28H27NO3/c1-19(2)27(28(31)32-18-23-14-8-12-21-10-4-6-16-25(21)23)29-26(30)17-22-13-7-11-20-9-3-5-15-24(20)22/h3-16,19,27H,17-18H2,1-2H3,(H,29,30)/t27-/m0/s1. The second kappa shape index (κ2) is 9.65. The van der Waals surface area contributed by atoms with Gasteiger partial charge < -0.3 is 10.1 Å². The van der Waals surface area contributed by atoms with Crippen molar-refractivity contribution < 1.29 is 14.3 Å². The van der Waals surface area contributed by atoms with E-state index in [4.69, 9.17) is 4.74 Å². The van der Waals surface area contributed by atoms with Crippen LogP contribution in [0.2, 0.25) is 0 Å². The van der Waals surface area contributed by atoms with Gasteiger partial charge in [-0.1, -0.05) is 98.8 Å². The molecular formula is C28H27NO3. The summed E-state index contributed by atoms with van der Waals surface area (Å²) in [5, 5.41) is 7.19. The number of fused-ring (bicyclic) bond motifs is 2. The number of esters is 1. The van der Waals surface area contributed by atoms with Crippen LogP contribution in [0.15, 0.2) is 84.9 Å². The van der Waals surface area contributed by atoms with Gasteiger partial charge in [-0.3, -0.25) is 4.79 Å². The van der Waals surface area contributed by atoms with Gasteiger partial charge in [-0.15, -0.1) is 0 Å². The van der Waals surface area contributed by atoms with Crippen LogP contribution in [0, 0.1) is 5.92 Å². The molecule has 0 aromatic heterocycles. The summed E-state index contributed by atoms with van der Waals surface area (Å²) in [6.45, 7) is 3.98. The smallest absolute Gasteiger partial charge is 0.329 e. The maximum absolute atomic E-state index is 12.9. The molecule has 0 radical (unpaired) electrons. The van der Waals surface area contributed by atoms with E-state index in [0.29, 0.717) is 0 Å². The summed E-state index contributed by atoms with van der Waals surface area (Å²) in [7, 11) is 0. The number of hydrogen-bond donors (Lipinski definition) is 1. The molecule has 0 fully saturated rings. The molecule has 32 heavy (non-hydrogen) atoms. The Balaban J connectivity index is 1.43. The third kappa shape index (κ3) is 4.80. The molecule has 0 bridgehead atoms. The zero-order valence-electron chi connectivity index (χ0n) is 18.4. The van der Waals surface area contributed by atoms with Gasteiger partial charge in [0, 0.05) is 0 Å². The van der Waals surface area contributed by atoms with Gasteiger partial charge in [-0.25, -0.2) is 4.79 Å². The van der Waals surface area contributed by atoms with Crippen molar-refractivity contribution in [3.63, 3.8) is 0 Å². The Labute approximate surface area is 188 Å². The molecular weight excluding hydrogens is 398 g/mol. The number of carbonyl (C=O) groups excluding carboxylic acids is 2. The lowest BCUT2D eigenvalue weighted by molar-refractivity contribution is -0.150. The normalized spacial score (nSPS) is 12.1. The SMILES string of the molecule is CC(C)[C@H](NC(=O)Cc1cccc2ccccc12)C(=O)OCc1cccc2ccccc12. The van der Waals surface area contributed by atoms with E-state index in [1.807, 2.05) is 98.8 Å². The Bertz CT molecular complexity index is 1250. The van der Waals surface area contributed by atoms with E-state index in [0.717, 1.165) is 32.7 Å². The van der Waals surface area contributed by atoms with Gasteiger partial charge >= 0.3 is 5.97 Å². The Morgan fingerprint density at radius 2 is 1.28 bits per heavy atom. The highest BCUT2D eigenvalue weighted by Crippen LogP contribution is 2.21. The maximum Gasteiger partial charge on any atom is 0.329 e. The lowest BCUT2D eigenvalue weighted by Crippen LogP contribution is -2.45. The first-order chi connectivity index (χ1) is 15.5. The third-order valence-electron chi connectivity index (χ3n) is 5.72. The number of carbonyl (C=O) groups is 2. The van der Waals surface area contributed by atoms with Crippen molar-refractivity contribution in [1.29, 1.82) is 0 Å². The monoisotopic (exact) mass is 425 g/mol. The Morgan fingerprint density at radius 1 is 0.750 bits per heavy atom. The van der Waals surface area contributed by atoms with E-state index in [2.05, 4.69) is 5.32 Å². The molecule has 4 aromatic carbocycles. The van der Waals surface area contributed by atoms with E-state index < -0.39 is 12.0 Å². The topological polar surface area (TPSA) is 55.4 Å². The van der Waals surface area contributed by atoms with Gasteiger partial charge in [0.25, 0.3) is 0 Å². The van der Waals surface area contributed by atoms with Crippen molar-refractivity contribution in [2.24, 2.45) is 5.92 Å². The van der Waals surface area contributed by atoms with Crippen LogP contribution < -0.4 is 5.32 Å². The number of rotatable bonds is 7. The molecule has 0 aliphatic rings. The van der Waals surface area contributed by atoms with Crippen molar-refractivity contribution in [1.82, 2.24) is 5.32 Å². The predicted molar refractivity (Wildman–Crippen MR) is 128 cm³/mol. The second-order valence-corrected chi connectivity index (χ2v) is 8.35. The third-order valence-corrected chi connectivity index (χ3v) is 5.72. The predicted octanol–water partition coefficient (Wildman–Crippen LogP) is 5.42. The molecule has 0 spiro atoms. The summed E-state index contributed by atoms with van der Waals surface area (Å²) < 4.78 is 5.63. The molecule has 0 saturated carbocycles. The summed E-state index contributed by atoms with van der Waals surface area (Å²) in [6, 6.07) is 27.2. The highest BCUT2D eigenvalue weighted by atomic mass is 16.5. The van der Waals surface area contributed by atoms with E-state index in [-0.39, 0.29) is 24.9 Å².